The Labute approximate surface area is 99.5 Å². The number of carboxylic acid groups (broad SMARTS) is 1. The highest BCUT2D eigenvalue weighted by atomic mass is 16.4. The third kappa shape index (κ3) is 2.94. The number of terminal acetylenes is 1. The first-order valence-electron chi connectivity index (χ1n) is 5.44. The van der Waals surface area contributed by atoms with Gasteiger partial charge in [0.05, 0.1) is 18.9 Å². The zero-order valence-corrected chi connectivity index (χ0v) is 9.33. The Morgan fingerprint density at radius 3 is 2.76 bits per heavy atom. The van der Waals surface area contributed by atoms with Crippen molar-refractivity contribution in [3.05, 3.63) is 18.1 Å². The maximum Gasteiger partial charge on any atom is 0.356 e. The summed E-state index contributed by atoms with van der Waals surface area (Å²) in [6.45, 7) is 1.34. The van der Waals surface area contributed by atoms with Gasteiger partial charge in [-0.1, -0.05) is 5.92 Å². The van der Waals surface area contributed by atoms with Crippen LogP contribution in [0.1, 0.15) is 23.3 Å². The Bertz CT molecular complexity index is 446. The molecule has 1 aromatic rings. The normalized spacial score (nSPS) is 14.1. The van der Waals surface area contributed by atoms with E-state index in [1.54, 1.807) is 0 Å². The van der Waals surface area contributed by atoms with Gasteiger partial charge in [0, 0.05) is 6.54 Å². The summed E-state index contributed by atoms with van der Waals surface area (Å²) < 4.78 is 0. The Balaban J connectivity index is 2.11. The molecule has 0 radical (unpaired) electrons. The fourth-order valence-electron chi connectivity index (χ4n) is 1.56. The van der Waals surface area contributed by atoms with E-state index >= 15 is 0 Å². The third-order valence-electron chi connectivity index (χ3n) is 2.64. The smallest absolute Gasteiger partial charge is 0.356 e. The van der Waals surface area contributed by atoms with Gasteiger partial charge >= 0.3 is 5.97 Å². The summed E-state index contributed by atoms with van der Waals surface area (Å²) >= 11 is 0. The minimum atomic E-state index is -1.07. The number of anilines is 1. The van der Waals surface area contributed by atoms with Crippen molar-refractivity contribution >= 4 is 11.8 Å². The van der Waals surface area contributed by atoms with Crippen molar-refractivity contribution in [2.75, 3.05) is 18.0 Å². The van der Waals surface area contributed by atoms with Crippen molar-refractivity contribution in [3.63, 3.8) is 0 Å². The van der Waals surface area contributed by atoms with Crippen LogP contribution in [0.15, 0.2) is 12.4 Å². The highest BCUT2D eigenvalue weighted by molar-refractivity contribution is 5.84. The number of carboxylic acids is 1. The zero-order chi connectivity index (χ0) is 12.3. The van der Waals surface area contributed by atoms with Crippen LogP contribution in [-0.4, -0.2) is 34.1 Å². The van der Waals surface area contributed by atoms with Gasteiger partial charge < -0.3 is 10.0 Å². The molecule has 2 rings (SSSR count). The van der Waals surface area contributed by atoms with Gasteiger partial charge in [0.1, 0.15) is 5.82 Å². The fraction of sp³-hybridized carbons (Fsp3) is 0.417. The highest BCUT2D eigenvalue weighted by Gasteiger charge is 2.24. The molecule has 0 bridgehead atoms. The molecule has 0 aromatic carbocycles. The highest BCUT2D eigenvalue weighted by Crippen LogP contribution is 2.30. The lowest BCUT2D eigenvalue weighted by Gasteiger charge is -2.20. The number of rotatable bonds is 5. The average Bonchev–Trinajstić information content (AvgIpc) is 3.13. The van der Waals surface area contributed by atoms with Crippen LogP contribution in [0.3, 0.4) is 0 Å². The van der Waals surface area contributed by atoms with Crippen LogP contribution in [0, 0.1) is 18.3 Å². The number of carbonyl (C=O) groups is 1. The molecule has 1 saturated carbocycles. The molecule has 1 N–H and O–H groups in total. The summed E-state index contributed by atoms with van der Waals surface area (Å²) in [5, 5.41) is 8.72. The molecular formula is C12H13N3O2. The molecule has 0 atom stereocenters. The standard InChI is InChI=1S/C12H13N3O2/c1-2-5-15(8-9-3-4-9)11-7-13-10(6-14-11)12(16)17/h1,6-7,9H,3-5,8H2,(H,16,17). The SMILES string of the molecule is C#CCN(CC1CC1)c1cnc(C(=O)O)cn1. The zero-order valence-electron chi connectivity index (χ0n) is 9.33. The van der Waals surface area contributed by atoms with Gasteiger partial charge in [0.15, 0.2) is 5.69 Å². The number of aromatic carboxylic acids is 1. The second kappa shape index (κ2) is 4.83. The van der Waals surface area contributed by atoms with Crippen LogP contribution in [0.2, 0.25) is 0 Å². The van der Waals surface area contributed by atoms with E-state index < -0.39 is 5.97 Å². The van der Waals surface area contributed by atoms with Gasteiger partial charge in [-0.3, -0.25) is 0 Å². The van der Waals surface area contributed by atoms with Crippen molar-refractivity contribution in [3.8, 4) is 12.3 Å². The molecule has 1 heterocycles. The summed E-state index contributed by atoms with van der Waals surface area (Å²) in [6, 6.07) is 0. The molecule has 0 amide bonds. The third-order valence-corrected chi connectivity index (χ3v) is 2.64. The van der Waals surface area contributed by atoms with Crippen molar-refractivity contribution in [2.45, 2.75) is 12.8 Å². The first-order valence-corrected chi connectivity index (χ1v) is 5.44. The van der Waals surface area contributed by atoms with E-state index in [0.717, 1.165) is 6.54 Å². The molecule has 0 aliphatic heterocycles. The molecule has 88 valence electrons. The number of hydrogen-bond acceptors (Lipinski definition) is 4. The molecule has 5 heteroatoms. The topological polar surface area (TPSA) is 66.3 Å². The Morgan fingerprint density at radius 2 is 2.29 bits per heavy atom. The minimum Gasteiger partial charge on any atom is -0.476 e. The summed E-state index contributed by atoms with van der Waals surface area (Å²) in [7, 11) is 0. The molecule has 17 heavy (non-hydrogen) atoms. The van der Waals surface area contributed by atoms with E-state index in [0.29, 0.717) is 18.3 Å². The van der Waals surface area contributed by atoms with E-state index in [9.17, 15) is 4.79 Å². The molecule has 0 saturated heterocycles. The maximum absolute atomic E-state index is 10.6. The predicted molar refractivity (Wildman–Crippen MR) is 62.8 cm³/mol. The minimum absolute atomic E-state index is 0.0548. The summed E-state index contributed by atoms with van der Waals surface area (Å²) in [4.78, 5) is 20.5. The fourth-order valence-corrected chi connectivity index (χ4v) is 1.56. The molecule has 1 fully saturated rings. The van der Waals surface area contributed by atoms with Crippen molar-refractivity contribution in [1.82, 2.24) is 9.97 Å². The Morgan fingerprint density at radius 1 is 1.53 bits per heavy atom. The van der Waals surface area contributed by atoms with Crippen LogP contribution in [0.25, 0.3) is 0 Å². The van der Waals surface area contributed by atoms with Crippen molar-refractivity contribution in [1.29, 1.82) is 0 Å². The molecule has 0 unspecified atom stereocenters. The van der Waals surface area contributed by atoms with Crippen LogP contribution in [0.5, 0.6) is 0 Å². The first kappa shape index (κ1) is 11.4. The Kier molecular flexibility index (Phi) is 3.24. The molecule has 5 nitrogen and oxygen atoms in total. The van der Waals surface area contributed by atoms with Gasteiger partial charge in [-0.05, 0) is 18.8 Å². The van der Waals surface area contributed by atoms with E-state index in [1.807, 2.05) is 4.90 Å². The first-order chi connectivity index (χ1) is 8.20. The number of nitrogens with zero attached hydrogens (tertiary/aromatic N) is 3. The van der Waals surface area contributed by atoms with E-state index in [-0.39, 0.29) is 5.69 Å². The molecule has 1 aromatic heterocycles. The van der Waals surface area contributed by atoms with Gasteiger partial charge in [-0.15, -0.1) is 6.42 Å². The van der Waals surface area contributed by atoms with E-state index in [4.69, 9.17) is 11.5 Å². The van der Waals surface area contributed by atoms with Gasteiger partial charge in [0.2, 0.25) is 0 Å². The predicted octanol–water partition coefficient (Wildman–Crippen LogP) is 1.02. The van der Waals surface area contributed by atoms with Crippen molar-refractivity contribution < 1.29 is 9.90 Å². The second-order valence-corrected chi connectivity index (χ2v) is 4.09. The van der Waals surface area contributed by atoms with Crippen LogP contribution >= 0.6 is 0 Å². The molecule has 1 aliphatic rings. The largest absolute Gasteiger partial charge is 0.476 e. The number of aromatic nitrogens is 2. The summed E-state index contributed by atoms with van der Waals surface area (Å²) in [6.07, 6.45) is 10.5. The number of hydrogen-bond donors (Lipinski definition) is 1. The quantitative estimate of drug-likeness (QED) is 0.766. The lowest BCUT2D eigenvalue weighted by atomic mass is 10.3. The lowest BCUT2D eigenvalue weighted by Crippen LogP contribution is -2.27. The van der Waals surface area contributed by atoms with E-state index in [2.05, 4.69) is 15.9 Å². The molecule has 1 aliphatic carbocycles. The lowest BCUT2D eigenvalue weighted by molar-refractivity contribution is 0.0690. The summed E-state index contributed by atoms with van der Waals surface area (Å²) in [5.74, 6) is 2.83. The van der Waals surface area contributed by atoms with Gasteiger partial charge in [0.25, 0.3) is 0 Å². The molecular weight excluding hydrogens is 218 g/mol. The van der Waals surface area contributed by atoms with Crippen LogP contribution < -0.4 is 4.90 Å². The van der Waals surface area contributed by atoms with E-state index in [1.165, 1.54) is 25.2 Å². The average molecular weight is 231 g/mol. The van der Waals surface area contributed by atoms with Gasteiger partial charge in [-0.2, -0.15) is 0 Å². The van der Waals surface area contributed by atoms with Crippen LogP contribution in [-0.2, 0) is 0 Å². The second-order valence-electron chi connectivity index (χ2n) is 4.09. The summed E-state index contributed by atoms with van der Waals surface area (Å²) in [5.41, 5.74) is -0.0548. The Hall–Kier alpha value is -2.09. The maximum atomic E-state index is 10.6. The molecule has 0 spiro atoms. The van der Waals surface area contributed by atoms with Crippen LogP contribution in [0.4, 0.5) is 5.82 Å². The van der Waals surface area contributed by atoms with Gasteiger partial charge in [-0.25, -0.2) is 14.8 Å². The van der Waals surface area contributed by atoms with Crippen molar-refractivity contribution in [2.24, 2.45) is 5.92 Å². The monoisotopic (exact) mass is 231 g/mol.